The molecule has 0 radical (unpaired) electrons. The lowest BCUT2D eigenvalue weighted by atomic mass is 9.77. The monoisotopic (exact) mass is 271 g/mol. The lowest BCUT2D eigenvalue weighted by Crippen LogP contribution is -2.29. The summed E-state index contributed by atoms with van der Waals surface area (Å²) in [6, 6.07) is 0. The van der Waals surface area contributed by atoms with Crippen LogP contribution in [0, 0.1) is 11.3 Å². The fourth-order valence-corrected chi connectivity index (χ4v) is 4.17. The van der Waals surface area contributed by atoms with Crippen LogP contribution >= 0.6 is 0 Å². The second kappa shape index (κ2) is 4.61. The Kier molecular flexibility index (Phi) is 3.15. The maximum atomic E-state index is 12.5. The first-order valence-corrected chi connectivity index (χ1v) is 7.87. The second-order valence-electron chi connectivity index (χ2n) is 6.84. The van der Waals surface area contributed by atoms with E-state index in [1.54, 1.807) is 0 Å². The van der Waals surface area contributed by atoms with Crippen LogP contribution in [0.2, 0.25) is 0 Å². The van der Waals surface area contributed by atoms with E-state index in [-0.39, 0.29) is 11.2 Å². The van der Waals surface area contributed by atoms with Crippen molar-refractivity contribution >= 4 is 5.78 Å². The third-order valence-corrected chi connectivity index (χ3v) is 5.60. The number of nitrogens with zero attached hydrogens (tertiary/aromatic N) is 1. The lowest BCUT2D eigenvalue weighted by molar-refractivity contribution is -0.116. The number of carbonyl (C=O) groups is 1. The van der Waals surface area contributed by atoms with E-state index in [9.17, 15) is 4.79 Å². The highest BCUT2D eigenvalue weighted by Crippen LogP contribution is 2.50. The zero-order chi connectivity index (χ0) is 14.5. The van der Waals surface area contributed by atoms with Crippen LogP contribution in [0.15, 0.2) is 35.2 Å². The van der Waals surface area contributed by atoms with Gasteiger partial charge in [0.1, 0.15) is 0 Å². The normalized spacial score (nSPS) is 36.5. The molecule has 0 aromatic rings. The predicted octanol–water partition coefficient (Wildman–Crippen LogP) is 4.21. The van der Waals surface area contributed by atoms with E-state index in [1.165, 1.54) is 16.8 Å². The van der Waals surface area contributed by atoms with Gasteiger partial charge in [0.15, 0.2) is 5.78 Å². The minimum atomic E-state index is 0.0891. The molecule has 2 heteroatoms. The summed E-state index contributed by atoms with van der Waals surface area (Å²) in [5.41, 5.74) is 4.94. The van der Waals surface area contributed by atoms with Gasteiger partial charge in [-0.2, -0.15) is 0 Å². The van der Waals surface area contributed by atoms with Crippen LogP contribution in [-0.4, -0.2) is 17.2 Å². The quantitative estimate of drug-likeness (QED) is 0.526. The van der Waals surface area contributed by atoms with Gasteiger partial charge in [-0.05, 0) is 32.6 Å². The van der Waals surface area contributed by atoms with Crippen molar-refractivity contribution in [1.29, 1.82) is 0 Å². The Hall–Kier alpha value is -1.31. The van der Waals surface area contributed by atoms with Crippen molar-refractivity contribution in [3.05, 3.63) is 35.2 Å². The molecule has 0 amide bonds. The Morgan fingerprint density at radius 1 is 1.50 bits per heavy atom. The summed E-state index contributed by atoms with van der Waals surface area (Å²) in [4.78, 5) is 14.7. The molecular formula is C18H25NO. The summed E-state index contributed by atoms with van der Waals surface area (Å²) in [6.45, 7) is 11.8. The molecule has 20 heavy (non-hydrogen) atoms. The minimum absolute atomic E-state index is 0.0891. The standard InChI is InChI=1S/C18H25NO/c1-5-14-7-9-19-13(3)17(20)10-15-12(2)6-8-18(15,4)11-16(14)19/h11,14H,3,5-10H2,1-2,4H3/b16-11-. The molecule has 2 atom stereocenters. The van der Waals surface area contributed by atoms with E-state index in [1.807, 2.05) is 0 Å². The Morgan fingerprint density at radius 2 is 2.25 bits per heavy atom. The van der Waals surface area contributed by atoms with Crippen LogP contribution in [0.1, 0.15) is 52.9 Å². The van der Waals surface area contributed by atoms with Gasteiger partial charge in [0.25, 0.3) is 0 Å². The molecule has 0 saturated carbocycles. The second-order valence-corrected chi connectivity index (χ2v) is 6.84. The zero-order valence-electron chi connectivity index (χ0n) is 13.0. The molecule has 2 aliphatic heterocycles. The number of carbonyl (C=O) groups excluding carboxylic acids is 1. The van der Waals surface area contributed by atoms with Crippen molar-refractivity contribution in [2.24, 2.45) is 11.3 Å². The summed E-state index contributed by atoms with van der Waals surface area (Å²) >= 11 is 0. The van der Waals surface area contributed by atoms with Crippen LogP contribution in [0.4, 0.5) is 0 Å². The van der Waals surface area contributed by atoms with Crippen molar-refractivity contribution < 1.29 is 4.79 Å². The lowest BCUT2D eigenvalue weighted by Gasteiger charge is -2.33. The van der Waals surface area contributed by atoms with Gasteiger partial charge >= 0.3 is 0 Å². The number of hydrogen-bond acceptors (Lipinski definition) is 2. The number of rotatable bonds is 1. The molecular weight excluding hydrogens is 246 g/mol. The maximum absolute atomic E-state index is 12.5. The van der Waals surface area contributed by atoms with E-state index in [0.717, 1.165) is 32.2 Å². The molecule has 2 heterocycles. The Bertz CT molecular complexity index is 540. The molecule has 0 bridgehead atoms. The molecule has 1 fully saturated rings. The van der Waals surface area contributed by atoms with Crippen molar-refractivity contribution in [2.45, 2.75) is 52.9 Å². The summed E-state index contributed by atoms with van der Waals surface area (Å²) in [6.07, 6.45) is 7.63. The predicted molar refractivity (Wildman–Crippen MR) is 82.0 cm³/mol. The van der Waals surface area contributed by atoms with Crippen LogP contribution in [-0.2, 0) is 4.79 Å². The smallest absolute Gasteiger partial charge is 0.182 e. The number of hydrogen-bond donors (Lipinski definition) is 0. The van der Waals surface area contributed by atoms with Crippen LogP contribution < -0.4 is 0 Å². The SMILES string of the molecule is C=C1C(=O)CC2=C(C)CCC2(C)/C=C2/C(CC)CCN12. The minimum Gasteiger partial charge on any atom is -0.343 e. The largest absolute Gasteiger partial charge is 0.343 e. The molecule has 108 valence electrons. The van der Waals surface area contributed by atoms with Gasteiger partial charge < -0.3 is 4.90 Å². The van der Waals surface area contributed by atoms with E-state index < -0.39 is 0 Å². The fraction of sp³-hybridized carbons (Fsp3) is 0.611. The molecule has 1 aliphatic carbocycles. The van der Waals surface area contributed by atoms with Crippen molar-refractivity contribution in [3.8, 4) is 0 Å². The summed E-state index contributed by atoms with van der Waals surface area (Å²) in [5, 5.41) is 0. The van der Waals surface area contributed by atoms with Crippen molar-refractivity contribution in [3.63, 3.8) is 0 Å². The molecule has 2 unspecified atom stereocenters. The average molecular weight is 271 g/mol. The highest BCUT2D eigenvalue weighted by atomic mass is 16.1. The van der Waals surface area contributed by atoms with Gasteiger partial charge in [-0.25, -0.2) is 0 Å². The molecule has 3 rings (SSSR count). The maximum Gasteiger partial charge on any atom is 0.182 e. The van der Waals surface area contributed by atoms with Gasteiger partial charge in [-0.15, -0.1) is 0 Å². The highest BCUT2D eigenvalue weighted by Gasteiger charge is 2.41. The molecule has 2 nitrogen and oxygen atoms in total. The summed E-state index contributed by atoms with van der Waals surface area (Å²) < 4.78 is 0. The van der Waals surface area contributed by atoms with E-state index in [2.05, 4.69) is 38.3 Å². The number of allylic oxidation sites excluding steroid dienone is 5. The van der Waals surface area contributed by atoms with Crippen molar-refractivity contribution in [2.75, 3.05) is 6.54 Å². The highest BCUT2D eigenvalue weighted by molar-refractivity contribution is 5.96. The first-order valence-electron chi connectivity index (χ1n) is 7.87. The number of ketones is 1. The molecule has 0 aromatic heterocycles. The van der Waals surface area contributed by atoms with Crippen LogP contribution in [0.25, 0.3) is 0 Å². The van der Waals surface area contributed by atoms with Crippen LogP contribution in [0.3, 0.4) is 0 Å². The van der Waals surface area contributed by atoms with Gasteiger partial charge in [0, 0.05) is 30.0 Å². The summed E-state index contributed by atoms with van der Waals surface area (Å²) in [7, 11) is 0. The number of Topliss-reactive ketones (excluding diaryl/α,β-unsaturated/α-hetero) is 1. The third kappa shape index (κ3) is 1.88. The summed E-state index contributed by atoms with van der Waals surface area (Å²) in [5.74, 6) is 0.812. The third-order valence-electron chi connectivity index (χ3n) is 5.60. The molecule has 0 N–H and O–H groups in total. The first kappa shape index (κ1) is 13.7. The van der Waals surface area contributed by atoms with E-state index in [0.29, 0.717) is 18.0 Å². The zero-order valence-corrected chi connectivity index (χ0v) is 13.0. The first-order chi connectivity index (χ1) is 9.46. The molecule has 3 aliphatic rings. The van der Waals surface area contributed by atoms with Crippen molar-refractivity contribution in [1.82, 2.24) is 4.90 Å². The Balaban J connectivity index is 2.13. The van der Waals surface area contributed by atoms with Crippen LogP contribution in [0.5, 0.6) is 0 Å². The van der Waals surface area contributed by atoms with Gasteiger partial charge in [-0.1, -0.05) is 37.6 Å². The topological polar surface area (TPSA) is 20.3 Å². The Labute approximate surface area is 122 Å². The Morgan fingerprint density at radius 3 is 2.95 bits per heavy atom. The molecule has 1 saturated heterocycles. The van der Waals surface area contributed by atoms with E-state index in [4.69, 9.17) is 0 Å². The molecule has 0 spiro atoms. The fourth-order valence-electron chi connectivity index (χ4n) is 4.17. The molecule has 0 aromatic carbocycles. The van der Waals surface area contributed by atoms with Gasteiger partial charge in [-0.3, -0.25) is 4.79 Å². The van der Waals surface area contributed by atoms with Gasteiger partial charge in [0.05, 0.1) is 5.70 Å². The van der Waals surface area contributed by atoms with Gasteiger partial charge in [0.2, 0.25) is 0 Å². The van der Waals surface area contributed by atoms with E-state index >= 15 is 0 Å². The number of fused-ring (bicyclic) bond motifs is 2. The average Bonchev–Trinajstić information content (AvgIpc) is 2.93.